The molecule has 6 nitrogen and oxygen atoms in total. The zero-order valence-electron chi connectivity index (χ0n) is 12.5. The van der Waals surface area contributed by atoms with Crippen LogP contribution in [0.5, 0.6) is 0 Å². The van der Waals surface area contributed by atoms with Gasteiger partial charge in [0.2, 0.25) is 0 Å². The van der Waals surface area contributed by atoms with Gasteiger partial charge in [-0.3, -0.25) is 14.6 Å². The molecule has 0 spiro atoms. The van der Waals surface area contributed by atoms with Gasteiger partial charge >= 0.3 is 5.97 Å². The number of hydrogen-bond acceptors (Lipinski definition) is 5. The van der Waals surface area contributed by atoms with E-state index in [0.29, 0.717) is 49.5 Å². The number of piperidine rings is 1. The summed E-state index contributed by atoms with van der Waals surface area (Å²) in [5.74, 6) is -0.338. The first-order valence-electron chi connectivity index (χ1n) is 7.21. The van der Waals surface area contributed by atoms with Crippen molar-refractivity contribution in [2.24, 2.45) is 5.92 Å². The number of anilines is 1. The highest BCUT2D eigenvalue weighted by Crippen LogP contribution is 2.21. The summed E-state index contributed by atoms with van der Waals surface area (Å²) in [5.41, 5.74) is 7.37. The Morgan fingerprint density at radius 3 is 2.71 bits per heavy atom. The average Bonchev–Trinajstić information content (AvgIpc) is 2.49. The Kier molecular flexibility index (Phi) is 4.77. The number of likely N-dealkylation sites (tertiary alicyclic amines) is 1. The van der Waals surface area contributed by atoms with Crippen molar-refractivity contribution < 1.29 is 14.3 Å². The van der Waals surface area contributed by atoms with Crippen LogP contribution in [-0.2, 0) is 9.53 Å². The summed E-state index contributed by atoms with van der Waals surface area (Å²) in [5, 5.41) is 0. The topological polar surface area (TPSA) is 85.5 Å². The summed E-state index contributed by atoms with van der Waals surface area (Å²) >= 11 is 0. The first kappa shape index (κ1) is 15.3. The minimum Gasteiger partial charge on any atom is -0.466 e. The number of carbonyl (C=O) groups is 2. The number of amides is 1. The normalized spacial score (nSPS) is 15.8. The van der Waals surface area contributed by atoms with Crippen LogP contribution in [0.15, 0.2) is 12.3 Å². The van der Waals surface area contributed by atoms with Gasteiger partial charge in [0.25, 0.3) is 5.91 Å². The molecule has 6 heteroatoms. The Morgan fingerprint density at radius 1 is 1.43 bits per heavy atom. The molecule has 1 fully saturated rings. The summed E-state index contributed by atoms with van der Waals surface area (Å²) in [6, 6.07) is 1.65. The number of hydrogen-bond donors (Lipinski definition) is 1. The average molecular weight is 291 g/mol. The first-order chi connectivity index (χ1) is 10.0. The van der Waals surface area contributed by atoms with Crippen molar-refractivity contribution in [3.05, 3.63) is 23.5 Å². The van der Waals surface area contributed by atoms with E-state index in [-0.39, 0.29) is 17.8 Å². The fourth-order valence-electron chi connectivity index (χ4n) is 2.51. The Bertz CT molecular complexity index is 537. The second kappa shape index (κ2) is 6.56. The third-order valence-electron chi connectivity index (χ3n) is 3.74. The highest BCUT2D eigenvalue weighted by molar-refractivity contribution is 5.96. The van der Waals surface area contributed by atoms with Gasteiger partial charge in [-0.1, -0.05) is 0 Å². The van der Waals surface area contributed by atoms with Crippen molar-refractivity contribution in [1.29, 1.82) is 0 Å². The second-order valence-electron chi connectivity index (χ2n) is 5.22. The van der Waals surface area contributed by atoms with Crippen LogP contribution in [0.1, 0.15) is 35.8 Å². The van der Waals surface area contributed by atoms with Crippen LogP contribution in [0.25, 0.3) is 0 Å². The quantitative estimate of drug-likeness (QED) is 0.850. The van der Waals surface area contributed by atoms with E-state index < -0.39 is 0 Å². The molecule has 2 rings (SSSR count). The van der Waals surface area contributed by atoms with Crippen LogP contribution < -0.4 is 5.73 Å². The SMILES string of the molecule is CCOC(=O)C1CCN(C(=O)c2cc(N)cnc2C)CC1. The Balaban J connectivity index is 2.00. The monoisotopic (exact) mass is 291 g/mol. The van der Waals surface area contributed by atoms with Crippen molar-refractivity contribution in [2.45, 2.75) is 26.7 Å². The lowest BCUT2D eigenvalue weighted by molar-refractivity contribution is -0.149. The van der Waals surface area contributed by atoms with E-state index in [0.717, 1.165) is 0 Å². The van der Waals surface area contributed by atoms with Crippen LogP contribution in [0.2, 0.25) is 0 Å². The van der Waals surface area contributed by atoms with Gasteiger partial charge in [0.05, 0.1) is 35.7 Å². The Hall–Kier alpha value is -2.11. The van der Waals surface area contributed by atoms with E-state index in [9.17, 15) is 9.59 Å². The minimum absolute atomic E-state index is 0.0744. The highest BCUT2D eigenvalue weighted by Gasteiger charge is 2.29. The predicted octanol–water partition coefficient (Wildman–Crippen LogP) is 1.39. The first-order valence-corrected chi connectivity index (χ1v) is 7.21. The van der Waals surface area contributed by atoms with Gasteiger partial charge in [0.15, 0.2) is 0 Å². The zero-order valence-corrected chi connectivity index (χ0v) is 12.5. The summed E-state index contributed by atoms with van der Waals surface area (Å²) in [7, 11) is 0. The maximum absolute atomic E-state index is 12.5. The molecular weight excluding hydrogens is 270 g/mol. The van der Waals surface area contributed by atoms with Crippen molar-refractivity contribution >= 4 is 17.6 Å². The van der Waals surface area contributed by atoms with Gasteiger partial charge in [-0.2, -0.15) is 0 Å². The number of nitrogen functional groups attached to an aromatic ring is 1. The van der Waals surface area contributed by atoms with Gasteiger partial charge in [0.1, 0.15) is 0 Å². The van der Waals surface area contributed by atoms with Crippen molar-refractivity contribution in [2.75, 3.05) is 25.4 Å². The van der Waals surface area contributed by atoms with Gasteiger partial charge in [-0.05, 0) is 32.8 Å². The Morgan fingerprint density at radius 2 is 2.10 bits per heavy atom. The molecule has 1 saturated heterocycles. The van der Waals surface area contributed by atoms with Gasteiger partial charge in [-0.25, -0.2) is 0 Å². The van der Waals surface area contributed by atoms with Crippen molar-refractivity contribution in [3.8, 4) is 0 Å². The predicted molar refractivity (Wildman–Crippen MR) is 78.6 cm³/mol. The zero-order chi connectivity index (χ0) is 15.4. The molecular formula is C15H21N3O3. The summed E-state index contributed by atoms with van der Waals surface area (Å²) in [6.07, 6.45) is 2.82. The van der Waals surface area contributed by atoms with Crippen LogP contribution in [-0.4, -0.2) is 41.5 Å². The number of nitrogens with zero attached hydrogens (tertiary/aromatic N) is 2. The maximum atomic E-state index is 12.5. The summed E-state index contributed by atoms with van der Waals surface area (Å²) < 4.78 is 5.03. The van der Waals surface area contributed by atoms with E-state index in [1.807, 2.05) is 0 Å². The third-order valence-corrected chi connectivity index (χ3v) is 3.74. The number of pyridine rings is 1. The largest absolute Gasteiger partial charge is 0.466 e. The van der Waals surface area contributed by atoms with Gasteiger partial charge in [-0.15, -0.1) is 0 Å². The van der Waals surface area contributed by atoms with E-state index in [2.05, 4.69) is 4.98 Å². The van der Waals surface area contributed by atoms with Crippen LogP contribution in [0.3, 0.4) is 0 Å². The second-order valence-corrected chi connectivity index (χ2v) is 5.22. The molecule has 0 aliphatic carbocycles. The highest BCUT2D eigenvalue weighted by atomic mass is 16.5. The van der Waals surface area contributed by atoms with Crippen LogP contribution in [0.4, 0.5) is 5.69 Å². The van der Waals surface area contributed by atoms with Gasteiger partial charge < -0.3 is 15.4 Å². The summed E-state index contributed by atoms with van der Waals surface area (Å²) in [6.45, 7) is 5.09. The molecule has 0 aromatic carbocycles. The lowest BCUT2D eigenvalue weighted by Crippen LogP contribution is -2.41. The lowest BCUT2D eigenvalue weighted by Gasteiger charge is -2.31. The molecule has 0 unspecified atom stereocenters. The Labute approximate surface area is 124 Å². The lowest BCUT2D eigenvalue weighted by atomic mass is 9.96. The molecule has 0 atom stereocenters. The molecule has 21 heavy (non-hydrogen) atoms. The number of esters is 1. The molecule has 0 saturated carbocycles. The minimum atomic E-state index is -0.161. The number of rotatable bonds is 3. The maximum Gasteiger partial charge on any atom is 0.309 e. The fourth-order valence-corrected chi connectivity index (χ4v) is 2.51. The van der Waals surface area contributed by atoms with E-state index in [4.69, 9.17) is 10.5 Å². The molecule has 0 bridgehead atoms. The molecule has 2 N–H and O–H groups in total. The molecule has 1 aromatic heterocycles. The molecule has 114 valence electrons. The van der Waals surface area contributed by atoms with Crippen molar-refractivity contribution in [1.82, 2.24) is 9.88 Å². The number of aryl methyl sites for hydroxylation is 1. The summed E-state index contributed by atoms with van der Waals surface area (Å²) in [4.78, 5) is 30.0. The fraction of sp³-hybridized carbons (Fsp3) is 0.533. The van der Waals surface area contributed by atoms with Gasteiger partial charge in [0, 0.05) is 13.1 Å². The van der Waals surface area contributed by atoms with Crippen LogP contribution in [0, 0.1) is 12.8 Å². The van der Waals surface area contributed by atoms with E-state index in [1.54, 1.807) is 31.0 Å². The molecule has 1 amide bonds. The van der Waals surface area contributed by atoms with Crippen molar-refractivity contribution in [3.63, 3.8) is 0 Å². The van der Waals surface area contributed by atoms with E-state index >= 15 is 0 Å². The smallest absolute Gasteiger partial charge is 0.309 e. The molecule has 1 aromatic rings. The molecule has 1 aliphatic rings. The standard InChI is InChI=1S/C15H21N3O3/c1-3-21-15(20)11-4-6-18(7-5-11)14(19)13-8-12(16)9-17-10(13)2/h8-9,11H,3-7,16H2,1-2H3. The molecule has 2 heterocycles. The third kappa shape index (κ3) is 3.51. The number of ether oxygens (including phenoxy) is 1. The number of nitrogens with two attached hydrogens (primary N) is 1. The number of carbonyl (C=O) groups excluding carboxylic acids is 2. The molecule has 1 aliphatic heterocycles. The molecule has 0 radical (unpaired) electrons. The van der Waals surface area contributed by atoms with E-state index in [1.165, 1.54) is 0 Å². The van der Waals surface area contributed by atoms with Crippen LogP contribution >= 0.6 is 0 Å². The number of aromatic nitrogens is 1.